The number of halogens is 1. The molecule has 1 aromatic heterocycles. The number of pyridine rings is 1. The Kier molecular flexibility index (Phi) is 6.66. The third-order valence-corrected chi connectivity index (χ3v) is 5.89. The van der Waals surface area contributed by atoms with E-state index in [-0.39, 0.29) is 18.0 Å². The van der Waals surface area contributed by atoms with E-state index in [1.54, 1.807) is 31.4 Å². The highest BCUT2D eigenvalue weighted by Crippen LogP contribution is 2.24. The van der Waals surface area contributed by atoms with Crippen molar-refractivity contribution in [3.63, 3.8) is 0 Å². The third-order valence-electron chi connectivity index (χ3n) is 5.48. The van der Waals surface area contributed by atoms with Gasteiger partial charge in [-0.05, 0) is 60.3 Å². The van der Waals surface area contributed by atoms with Crippen LogP contribution in [0.15, 0.2) is 77.6 Å². The van der Waals surface area contributed by atoms with Gasteiger partial charge in [0.2, 0.25) is 5.91 Å². The maximum Gasteiger partial charge on any atom is 0.256 e. The lowest BCUT2D eigenvalue weighted by molar-refractivity contribution is -0.116. The summed E-state index contributed by atoms with van der Waals surface area (Å²) in [7, 11) is 1.57. The molecule has 0 unspecified atom stereocenters. The quantitative estimate of drug-likeness (QED) is 0.395. The summed E-state index contributed by atoms with van der Waals surface area (Å²) in [6.45, 7) is 2.02. The fraction of sp³-hybridized carbons (Fsp3) is 0.154. The molecule has 0 aliphatic heterocycles. The Hall–Kier alpha value is -3.77. The zero-order chi connectivity index (χ0) is 23.4. The van der Waals surface area contributed by atoms with Crippen molar-refractivity contribution in [2.24, 2.45) is 0 Å². The molecule has 0 radical (unpaired) electrons. The van der Waals surface area contributed by atoms with E-state index in [0.29, 0.717) is 34.1 Å². The summed E-state index contributed by atoms with van der Waals surface area (Å²) in [4.78, 5) is 26.3. The monoisotopic (exact) mass is 461 g/mol. The molecule has 0 saturated heterocycles. The molecule has 1 heterocycles. The summed E-state index contributed by atoms with van der Waals surface area (Å²) in [6, 6.07) is 22.3. The molecule has 4 aromatic rings. The smallest absolute Gasteiger partial charge is 0.256 e. The largest absolute Gasteiger partial charge is 0.497 e. The van der Waals surface area contributed by atoms with Gasteiger partial charge >= 0.3 is 0 Å². The van der Waals surface area contributed by atoms with Gasteiger partial charge in [-0.2, -0.15) is 0 Å². The summed E-state index contributed by atoms with van der Waals surface area (Å²) in [5.41, 5.74) is 3.24. The average Bonchev–Trinajstić information content (AvgIpc) is 2.83. The Labute approximate surface area is 196 Å². The van der Waals surface area contributed by atoms with E-state index in [1.165, 1.54) is 4.57 Å². The molecule has 3 aromatic carbocycles. The van der Waals surface area contributed by atoms with Crippen molar-refractivity contribution in [2.75, 3.05) is 17.7 Å². The van der Waals surface area contributed by atoms with Gasteiger partial charge in [0.25, 0.3) is 5.56 Å². The fourth-order valence-electron chi connectivity index (χ4n) is 3.65. The lowest BCUT2D eigenvalue weighted by atomic mass is 10.1. The minimum absolute atomic E-state index is 0.145. The van der Waals surface area contributed by atoms with E-state index in [4.69, 9.17) is 16.3 Å². The SMILES string of the molecule is COc1ccc2cc(CNc3ccccc3)c(=O)n(CC(=O)Nc3cccc(Cl)c3C)c2c1. The van der Waals surface area contributed by atoms with E-state index in [2.05, 4.69) is 10.6 Å². The molecular weight excluding hydrogens is 438 g/mol. The molecule has 6 nitrogen and oxygen atoms in total. The van der Waals surface area contributed by atoms with Crippen LogP contribution in [0.2, 0.25) is 5.02 Å². The predicted molar refractivity (Wildman–Crippen MR) is 133 cm³/mol. The van der Waals surface area contributed by atoms with Crippen LogP contribution >= 0.6 is 11.6 Å². The molecule has 33 heavy (non-hydrogen) atoms. The number of ether oxygens (including phenoxy) is 1. The van der Waals surface area contributed by atoms with Gasteiger partial charge in [-0.15, -0.1) is 0 Å². The maximum absolute atomic E-state index is 13.4. The van der Waals surface area contributed by atoms with E-state index in [0.717, 1.165) is 16.6 Å². The summed E-state index contributed by atoms with van der Waals surface area (Å²) >= 11 is 6.17. The fourth-order valence-corrected chi connectivity index (χ4v) is 3.83. The Morgan fingerprint density at radius 3 is 2.58 bits per heavy atom. The minimum Gasteiger partial charge on any atom is -0.497 e. The van der Waals surface area contributed by atoms with Crippen LogP contribution in [0.5, 0.6) is 5.75 Å². The molecule has 0 spiro atoms. The molecule has 168 valence electrons. The number of aromatic nitrogens is 1. The molecule has 4 rings (SSSR count). The minimum atomic E-state index is -0.320. The van der Waals surface area contributed by atoms with Gasteiger partial charge in [0.05, 0.1) is 12.6 Å². The van der Waals surface area contributed by atoms with Gasteiger partial charge in [0.1, 0.15) is 12.3 Å². The number of fused-ring (bicyclic) bond motifs is 1. The number of amides is 1. The van der Waals surface area contributed by atoms with Crippen molar-refractivity contribution in [1.29, 1.82) is 0 Å². The Morgan fingerprint density at radius 2 is 1.82 bits per heavy atom. The van der Waals surface area contributed by atoms with Crippen LogP contribution in [-0.2, 0) is 17.9 Å². The second-order valence-corrected chi connectivity index (χ2v) is 8.07. The van der Waals surface area contributed by atoms with Gasteiger partial charge < -0.3 is 15.4 Å². The highest BCUT2D eigenvalue weighted by molar-refractivity contribution is 6.31. The van der Waals surface area contributed by atoms with Crippen molar-refractivity contribution in [2.45, 2.75) is 20.0 Å². The third kappa shape index (κ3) is 5.02. The Balaban J connectivity index is 1.69. The van der Waals surface area contributed by atoms with Crippen molar-refractivity contribution in [3.8, 4) is 5.75 Å². The van der Waals surface area contributed by atoms with Crippen LogP contribution in [0.1, 0.15) is 11.1 Å². The summed E-state index contributed by atoms with van der Waals surface area (Å²) in [5.74, 6) is 0.289. The van der Waals surface area contributed by atoms with Gasteiger partial charge in [0, 0.05) is 34.6 Å². The van der Waals surface area contributed by atoms with Crippen molar-refractivity contribution in [1.82, 2.24) is 4.57 Å². The van der Waals surface area contributed by atoms with Gasteiger partial charge in [0.15, 0.2) is 0 Å². The molecule has 0 aliphatic carbocycles. The number of carbonyl (C=O) groups is 1. The number of anilines is 2. The number of carbonyl (C=O) groups excluding carboxylic acids is 1. The first kappa shape index (κ1) is 22.4. The van der Waals surface area contributed by atoms with Gasteiger partial charge in [-0.1, -0.05) is 35.9 Å². The van der Waals surface area contributed by atoms with Crippen molar-refractivity contribution < 1.29 is 9.53 Å². The number of methoxy groups -OCH3 is 1. The Bertz CT molecular complexity index is 1370. The topological polar surface area (TPSA) is 72.4 Å². The molecule has 0 aliphatic rings. The first-order chi connectivity index (χ1) is 16.0. The van der Waals surface area contributed by atoms with Gasteiger partial charge in [-0.3, -0.25) is 14.2 Å². The lowest BCUT2D eigenvalue weighted by Gasteiger charge is -2.15. The van der Waals surface area contributed by atoms with Crippen molar-refractivity contribution >= 4 is 39.8 Å². The van der Waals surface area contributed by atoms with E-state index < -0.39 is 0 Å². The maximum atomic E-state index is 13.4. The van der Waals surface area contributed by atoms with E-state index in [9.17, 15) is 9.59 Å². The molecule has 0 atom stereocenters. The molecule has 2 N–H and O–H groups in total. The van der Waals surface area contributed by atoms with Crippen LogP contribution in [-0.4, -0.2) is 17.6 Å². The number of benzene rings is 3. The van der Waals surface area contributed by atoms with Crippen molar-refractivity contribution in [3.05, 3.63) is 99.3 Å². The van der Waals surface area contributed by atoms with Crippen LogP contribution < -0.4 is 20.9 Å². The Morgan fingerprint density at radius 1 is 1.03 bits per heavy atom. The zero-order valence-corrected chi connectivity index (χ0v) is 19.1. The summed E-state index contributed by atoms with van der Waals surface area (Å²) in [5, 5.41) is 7.54. The number of nitrogens with one attached hydrogen (secondary N) is 2. The molecular formula is C26H24ClN3O3. The van der Waals surface area contributed by atoms with Crippen LogP contribution in [0, 0.1) is 6.92 Å². The highest BCUT2D eigenvalue weighted by atomic mass is 35.5. The normalized spacial score (nSPS) is 10.8. The molecule has 0 bridgehead atoms. The molecule has 7 heteroatoms. The van der Waals surface area contributed by atoms with E-state index in [1.807, 2.05) is 55.5 Å². The number of hydrogen-bond donors (Lipinski definition) is 2. The van der Waals surface area contributed by atoms with Crippen LogP contribution in [0.25, 0.3) is 10.9 Å². The van der Waals surface area contributed by atoms with Crippen LogP contribution in [0.4, 0.5) is 11.4 Å². The number of rotatable bonds is 7. The van der Waals surface area contributed by atoms with Gasteiger partial charge in [-0.25, -0.2) is 0 Å². The number of para-hydroxylation sites is 1. The first-order valence-electron chi connectivity index (χ1n) is 10.5. The molecule has 0 saturated carbocycles. The standard InChI is InChI=1S/C26H24ClN3O3/c1-17-22(27)9-6-10-23(17)29-25(31)16-30-24-14-21(33-2)12-11-18(24)13-19(26(30)32)15-28-20-7-4-3-5-8-20/h3-14,28H,15-16H2,1-2H3,(H,29,31). The lowest BCUT2D eigenvalue weighted by Crippen LogP contribution is -2.30. The highest BCUT2D eigenvalue weighted by Gasteiger charge is 2.15. The summed E-state index contributed by atoms with van der Waals surface area (Å²) in [6.07, 6.45) is 0. The second kappa shape index (κ2) is 9.79. The number of nitrogens with zero attached hydrogens (tertiary/aromatic N) is 1. The second-order valence-electron chi connectivity index (χ2n) is 7.67. The van der Waals surface area contributed by atoms with E-state index >= 15 is 0 Å². The molecule has 0 fully saturated rings. The number of hydrogen-bond acceptors (Lipinski definition) is 4. The first-order valence-corrected chi connectivity index (χ1v) is 10.9. The predicted octanol–water partition coefficient (Wildman–Crippen LogP) is 5.22. The van der Waals surface area contributed by atoms with Crippen LogP contribution in [0.3, 0.4) is 0 Å². The zero-order valence-electron chi connectivity index (χ0n) is 18.4. The molecule has 1 amide bonds. The average molecular weight is 462 g/mol. The summed E-state index contributed by atoms with van der Waals surface area (Å²) < 4.78 is 6.82.